The van der Waals surface area contributed by atoms with E-state index in [9.17, 15) is 13.2 Å². The molecule has 2 N–H and O–H groups in total. The fraction of sp³-hybridized carbons (Fsp3) is 0.400. The average molecular weight is 388 g/mol. The van der Waals surface area contributed by atoms with Gasteiger partial charge in [0.15, 0.2) is 0 Å². The zero-order valence-corrected chi connectivity index (χ0v) is 15.0. The van der Waals surface area contributed by atoms with Crippen molar-refractivity contribution in [2.75, 3.05) is 6.54 Å². The van der Waals surface area contributed by atoms with Crippen LogP contribution in [0.15, 0.2) is 35.6 Å². The van der Waals surface area contributed by atoms with Gasteiger partial charge in [-0.1, -0.05) is 11.8 Å². The lowest BCUT2D eigenvalue weighted by Crippen LogP contribution is -2.19. The van der Waals surface area contributed by atoms with Crippen molar-refractivity contribution < 1.29 is 17.9 Å². The minimum Gasteiger partial charge on any atom is -0.461 e. The van der Waals surface area contributed by atoms with Crippen LogP contribution in [0.1, 0.15) is 36.3 Å². The number of rotatable bonds is 5. The van der Waals surface area contributed by atoms with Crippen LogP contribution in [0.2, 0.25) is 0 Å². The highest BCUT2D eigenvalue weighted by atomic mass is 19.3. The molecule has 1 aromatic carbocycles. The molecule has 1 aromatic heterocycles. The first-order chi connectivity index (χ1) is 13.5. The maximum absolute atomic E-state index is 14.3. The summed E-state index contributed by atoms with van der Waals surface area (Å²) < 4.78 is 45.6. The molecule has 4 rings (SSSR count). The maximum atomic E-state index is 14.3. The van der Waals surface area contributed by atoms with Crippen LogP contribution in [0.3, 0.4) is 0 Å². The number of hydrogen-bond acceptors (Lipinski definition) is 3. The Morgan fingerprint density at radius 3 is 2.96 bits per heavy atom. The molecule has 0 radical (unpaired) electrons. The standard InChI is InChI=1S/C20H19F3N4O/c21-17-6-5-14(27-11-13(9-26-27)4-3-12-1-2-12)7-15(17)16-8-18(16)28-20(24)25-10-19(22)23/h5-7,9,11-12,16,18-19H,1-2,8,10H2,(H2,24,25)/t16-,18-/m1/s1. The van der Waals surface area contributed by atoms with Gasteiger partial charge in [0, 0.05) is 18.0 Å². The lowest BCUT2D eigenvalue weighted by molar-refractivity contribution is 0.157. The Labute approximate surface area is 160 Å². The van der Waals surface area contributed by atoms with Gasteiger partial charge >= 0.3 is 0 Å². The Bertz CT molecular complexity index is 956. The summed E-state index contributed by atoms with van der Waals surface area (Å²) in [5, 5.41) is 4.29. The number of aliphatic imine (C=N–C) groups is 1. The van der Waals surface area contributed by atoms with Crippen molar-refractivity contribution in [2.45, 2.75) is 37.7 Å². The number of ether oxygens (including phenoxy) is 1. The minimum atomic E-state index is -2.58. The first kappa shape index (κ1) is 18.4. The highest BCUT2D eigenvalue weighted by molar-refractivity contribution is 5.72. The molecule has 2 atom stereocenters. The van der Waals surface area contributed by atoms with Gasteiger partial charge in [-0.05, 0) is 43.0 Å². The molecule has 2 aliphatic rings. The number of nitrogens with two attached hydrogens (primary N) is 1. The Hall–Kier alpha value is -2.95. The Balaban J connectivity index is 1.45. The highest BCUT2D eigenvalue weighted by Crippen LogP contribution is 2.44. The third kappa shape index (κ3) is 4.47. The molecule has 0 unspecified atom stereocenters. The lowest BCUT2D eigenvalue weighted by Gasteiger charge is -2.08. The topological polar surface area (TPSA) is 65.4 Å². The molecule has 8 heteroatoms. The summed E-state index contributed by atoms with van der Waals surface area (Å²) in [5.74, 6) is 6.22. The normalized spacial score (nSPS) is 21.4. The molecule has 0 spiro atoms. The number of nitrogens with zero attached hydrogens (tertiary/aromatic N) is 3. The third-order valence-electron chi connectivity index (χ3n) is 4.61. The fourth-order valence-corrected chi connectivity index (χ4v) is 2.88. The summed E-state index contributed by atoms with van der Waals surface area (Å²) in [5.41, 5.74) is 7.49. The Kier molecular flexibility index (Phi) is 4.99. The molecule has 1 heterocycles. The molecule has 2 saturated carbocycles. The number of aromatic nitrogens is 2. The monoisotopic (exact) mass is 388 g/mol. The first-order valence-electron chi connectivity index (χ1n) is 9.10. The molecule has 0 bridgehead atoms. The second-order valence-electron chi connectivity index (χ2n) is 6.99. The molecular weight excluding hydrogens is 369 g/mol. The van der Waals surface area contributed by atoms with E-state index in [0.29, 0.717) is 23.6 Å². The first-order valence-corrected chi connectivity index (χ1v) is 9.10. The highest BCUT2D eigenvalue weighted by Gasteiger charge is 2.43. The SMILES string of the molecule is NC(=NCC(F)F)O[C@@H]1C[C@@H]1c1cc(-n2cc(C#CC3CC3)cn2)ccc1F. The van der Waals surface area contributed by atoms with Crippen LogP contribution in [0.5, 0.6) is 0 Å². The Morgan fingerprint density at radius 2 is 2.21 bits per heavy atom. The smallest absolute Gasteiger partial charge is 0.282 e. The van der Waals surface area contributed by atoms with Crippen LogP contribution in [-0.4, -0.2) is 34.9 Å². The molecule has 2 aromatic rings. The van der Waals surface area contributed by atoms with Crippen LogP contribution in [0, 0.1) is 23.6 Å². The van der Waals surface area contributed by atoms with Crippen LogP contribution in [0.4, 0.5) is 13.2 Å². The molecule has 28 heavy (non-hydrogen) atoms. The van der Waals surface area contributed by atoms with Crippen molar-refractivity contribution in [3.8, 4) is 17.5 Å². The van der Waals surface area contributed by atoms with Crippen molar-refractivity contribution in [3.63, 3.8) is 0 Å². The van der Waals surface area contributed by atoms with E-state index < -0.39 is 13.0 Å². The lowest BCUT2D eigenvalue weighted by atomic mass is 10.1. The Morgan fingerprint density at radius 1 is 1.39 bits per heavy atom. The summed E-state index contributed by atoms with van der Waals surface area (Å²) in [6, 6.07) is 4.43. The summed E-state index contributed by atoms with van der Waals surface area (Å²) in [4.78, 5) is 3.46. The molecule has 2 fully saturated rings. The summed E-state index contributed by atoms with van der Waals surface area (Å²) in [7, 11) is 0. The third-order valence-corrected chi connectivity index (χ3v) is 4.61. The van der Waals surface area contributed by atoms with Gasteiger partial charge in [-0.2, -0.15) is 5.10 Å². The van der Waals surface area contributed by atoms with E-state index in [1.165, 1.54) is 6.07 Å². The second kappa shape index (κ2) is 7.58. The van der Waals surface area contributed by atoms with Crippen molar-refractivity contribution >= 4 is 6.02 Å². The van der Waals surface area contributed by atoms with E-state index in [2.05, 4.69) is 21.9 Å². The van der Waals surface area contributed by atoms with Crippen molar-refractivity contribution in [3.05, 3.63) is 47.5 Å². The molecule has 2 aliphatic carbocycles. The van der Waals surface area contributed by atoms with Gasteiger partial charge in [0.1, 0.15) is 18.5 Å². The van der Waals surface area contributed by atoms with Gasteiger partial charge in [-0.3, -0.25) is 0 Å². The zero-order chi connectivity index (χ0) is 19.7. The maximum Gasteiger partial charge on any atom is 0.282 e. The average Bonchev–Trinajstić information content (AvgIpc) is 3.58. The van der Waals surface area contributed by atoms with Crippen molar-refractivity contribution in [1.82, 2.24) is 9.78 Å². The van der Waals surface area contributed by atoms with Gasteiger partial charge < -0.3 is 10.5 Å². The van der Waals surface area contributed by atoms with Crippen LogP contribution < -0.4 is 5.73 Å². The largest absolute Gasteiger partial charge is 0.461 e. The van der Waals surface area contributed by atoms with Crippen LogP contribution in [0.25, 0.3) is 5.69 Å². The van der Waals surface area contributed by atoms with E-state index in [4.69, 9.17) is 10.5 Å². The summed E-state index contributed by atoms with van der Waals surface area (Å²) in [6.07, 6.45) is 3.39. The van der Waals surface area contributed by atoms with Gasteiger partial charge in [0.05, 0.1) is 17.4 Å². The van der Waals surface area contributed by atoms with Crippen molar-refractivity contribution in [2.24, 2.45) is 16.6 Å². The second-order valence-corrected chi connectivity index (χ2v) is 6.99. The van der Waals surface area contributed by atoms with E-state index in [1.54, 1.807) is 23.0 Å². The quantitative estimate of drug-likeness (QED) is 0.486. The number of halogens is 3. The molecule has 146 valence electrons. The summed E-state index contributed by atoms with van der Waals surface area (Å²) in [6.45, 7) is -0.710. The predicted molar refractivity (Wildman–Crippen MR) is 97.8 cm³/mol. The van der Waals surface area contributed by atoms with Gasteiger partial charge in [0.2, 0.25) is 0 Å². The molecular formula is C20H19F3N4O. The van der Waals surface area contributed by atoms with Gasteiger partial charge in [0.25, 0.3) is 12.4 Å². The van der Waals surface area contributed by atoms with E-state index in [1.807, 2.05) is 6.20 Å². The van der Waals surface area contributed by atoms with Crippen molar-refractivity contribution in [1.29, 1.82) is 0 Å². The molecule has 0 amide bonds. The molecule has 5 nitrogen and oxygen atoms in total. The van der Waals surface area contributed by atoms with Gasteiger partial charge in [-0.15, -0.1) is 0 Å². The number of benzene rings is 1. The van der Waals surface area contributed by atoms with E-state index in [0.717, 1.165) is 18.4 Å². The van der Waals surface area contributed by atoms with Crippen LogP contribution in [-0.2, 0) is 4.74 Å². The molecule has 0 aliphatic heterocycles. The predicted octanol–water partition coefficient (Wildman–Crippen LogP) is 3.23. The van der Waals surface area contributed by atoms with E-state index in [-0.39, 0.29) is 23.9 Å². The minimum absolute atomic E-state index is 0.204. The zero-order valence-electron chi connectivity index (χ0n) is 15.0. The van der Waals surface area contributed by atoms with Gasteiger partial charge in [-0.25, -0.2) is 22.8 Å². The van der Waals surface area contributed by atoms with Crippen LogP contribution >= 0.6 is 0 Å². The number of amidine groups is 1. The molecule has 0 saturated heterocycles. The summed E-state index contributed by atoms with van der Waals surface area (Å²) >= 11 is 0. The van der Waals surface area contributed by atoms with E-state index >= 15 is 0 Å². The number of alkyl halides is 2. The fourth-order valence-electron chi connectivity index (χ4n) is 2.88. The number of hydrogen-bond donors (Lipinski definition) is 1.